The van der Waals surface area contributed by atoms with E-state index in [1.165, 1.54) is 5.56 Å². The molecule has 1 saturated heterocycles. The van der Waals surface area contributed by atoms with Gasteiger partial charge in [0.15, 0.2) is 0 Å². The van der Waals surface area contributed by atoms with Crippen molar-refractivity contribution in [1.82, 2.24) is 10.2 Å². The van der Waals surface area contributed by atoms with Crippen LogP contribution in [0.4, 0.5) is 0 Å². The zero-order valence-corrected chi connectivity index (χ0v) is 13.6. The third-order valence-corrected chi connectivity index (χ3v) is 4.57. The van der Waals surface area contributed by atoms with Gasteiger partial charge in [-0.2, -0.15) is 0 Å². The molecule has 1 atom stereocenters. The molecule has 21 heavy (non-hydrogen) atoms. The first kappa shape index (κ1) is 16.8. The van der Waals surface area contributed by atoms with Crippen molar-refractivity contribution in [3.05, 3.63) is 34.9 Å². The Morgan fingerprint density at radius 1 is 1.33 bits per heavy atom. The van der Waals surface area contributed by atoms with Crippen LogP contribution < -0.4 is 5.32 Å². The predicted octanol–water partition coefficient (Wildman–Crippen LogP) is 3.06. The lowest BCUT2D eigenvalue weighted by molar-refractivity contribution is 0.141. The standard InChI is InChI=1S/C17H27ClN2O/c1-2-5-16(21)12-19-15-8-10-20(11-9-15)13-14-6-3-4-7-17(14)18/h3-4,6-7,15-16,19,21H,2,5,8-13H2,1H3. The molecular weight excluding hydrogens is 284 g/mol. The van der Waals surface area contributed by atoms with Crippen molar-refractivity contribution in [3.63, 3.8) is 0 Å². The number of aliphatic hydroxyl groups excluding tert-OH is 1. The summed E-state index contributed by atoms with van der Waals surface area (Å²) in [7, 11) is 0. The highest BCUT2D eigenvalue weighted by atomic mass is 35.5. The molecule has 1 aliphatic heterocycles. The minimum atomic E-state index is -0.198. The molecule has 1 heterocycles. The maximum atomic E-state index is 9.77. The number of likely N-dealkylation sites (tertiary alicyclic amines) is 1. The molecule has 1 aliphatic rings. The molecule has 0 saturated carbocycles. The number of hydrogen-bond acceptors (Lipinski definition) is 3. The van der Waals surface area contributed by atoms with E-state index >= 15 is 0 Å². The SMILES string of the molecule is CCCC(O)CNC1CCN(Cc2ccccc2Cl)CC1. The van der Waals surface area contributed by atoms with Crippen LogP contribution in [0.5, 0.6) is 0 Å². The quantitative estimate of drug-likeness (QED) is 0.812. The molecule has 2 N–H and O–H groups in total. The van der Waals surface area contributed by atoms with Crippen LogP contribution >= 0.6 is 11.6 Å². The lowest BCUT2D eigenvalue weighted by atomic mass is 10.0. The second kappa shape index (κ2) is 8.74. The molecule has 2 rings (SSSR count). The van der Waals surface area contributed by atoms with Gasteiger partial charge in [0, 0.05) is 24.2 Å². The Balaban J connectivity index is 1.70. The van der Waals surface area contributed by atoms with E-state index in [0.717, 1.165) is 56.9 Å². The van der Waals surface area contributed by atoms with Crippen LogP contribution in [0.1, 0.15) is 38.2 Å². The lowest BCUT2D eigenvalue weighted by Gasteiger charge is -2.33. The number of nitrogens with zero attached hydrogens (tertiary/aromatic N) is 1. The van der Waals surface area contributed by atoms with Gasteiger partial charge in [0.1, 0.15) is 0 Å². The van der Waals surface area contributed by atoms with Gasteiger partial charge in [0.25, 0.3) is 0 Å². The average Bonchev–Trinajstić information content (AvgIpc) is 2.49. The zero-order chi connectivity index (χ0) is 15.1. The van der Waals surface area contributed by atoms with Crippen molar-refractivity contribution >= 4 is 11.6 Å². The summed E-state index contributed by atoms with van der Waals surface area (Å²) in [5, 5.41) is 14.1. The summed E-state index contributed by atoms with van der Waals surface area (Å²) in [5.74, 6) is 0. The Kier molecular flexibility index (Phi) is 6.97. The minimum Gasteiger partial charge on any atom is -0.392 e. The number of aliphatic hydroxyl groups is 1. The van der Waals surface area contributed by atoms with Crippen molar-refractivity contribution in [3.8, 4) is 0 Å². The maximum Gasteiger partial charge on any atom is 0.0664 e. The van der Waals surface area contributed by atoms with Crippen LogP contribution in [-0.4, -0.2) is 41.8 Å². The van der Waals surface area contributed by atoms with Gasteiger partial charge in [-0.3, -0.25) is 4.90 Å². The van der Waals surface area contributed by atoms with Crippen LogP contribution in [0.25, 0.3) is 0 Å². The highest BCUT2D eigenvalue weighted by molar-refractivity contribution is 6.31. The second-order valence-corrected chi connectivity index (χ2v) is 6.40. The predicted molar refractivity (Wildman–Crippen MR) is 88.7 cm³/mol. The molecule has 0 aromatic heterocycles. The highest BCUT2D eigenvalue weighted by Gasteiger charge is 2.19. The fraction of sp³-hybridized carbons (Fsp3) is 0.647. The first-order valence-corrected chi connectivity index (χ1v) is 8.44. The Bertz CT molecular complexity index is 419. The number of benzene rings is 1. The number of piperidine rings is 1. The normalized spacial score (nSPS) is 18.8. The lowest BCUT2D eigenvalue weighted by Crippen LogP contribution is -2.44. The number of rotatable bonds is 7. The van der Waals surface area contributed by atoms with Gasteiger partial charge in [0.05, 0.1) is 6.10 Å². The maximum absolute atomic E-state index is 9.77. The topological polar surface area (TPSA) is 35.5 Å². The Morgan fingerprint density at radius 2 is 2.05 bits per heavy atom. The van der Waals surface area contributed by atoms with Gasteiger partial charge in [-0.1, -0.05) is 43.1 Å². The Hall–Kier alpha value is -0.610. The van der Waals surface area contributed by atoms with Gasteiger partial charge in [-0.25, -0.2) is 0 Å². The Labute approximate surface area is 133 Å². The molecule has 0 aliphatic carbocycles. The summed E-state index contributed by atoms with van der Waals surface area (Å²) in [6.07, 6.45) is 4.01. The highest BCUT2D eigenvalue weighted by Crippen LogP contribution is 2.19. The van der Waals surface area contributed by atoms with Crippen LogP contribution in [0, 0.1) is 0 Å². The fourth-order valence-corrected chi connectivity index (χ4v) is 3.10. The largest absolute Gasteiger partial charge is 0.392 e. The summed E-state index contributed by atoms with van der Waals surface area (Å²) in [4.78, 5) is 2.46. The van der Waals surface area contributed by atoms with E-state index in [1.54, 1.807) is 0 Å². The molecular formula is C17H27ClN2O. The van der Waals surface area contributed by atoms with Gasteiger partial charge >= 0.3 is 0 Å². The summed E-state index contributed by atoms with van der Waals surface area (Å²) in [5.41, 5.74) is 1.21. The number of halogens is 1. The third-order valence-electron chi connectivity index (χ3n) is 4.20. The monoisotopic (exact) mass is 310 g/mol. The van der Waals surface area contributed by atoms with Crippen molar-refractivity contribution in [2.24, 2.45) is 0 Å². The zero-order valence-electron chi connectivity index (χ0n) is 12.9. The first-order valence-electron chi connectivity index (χ1n) is 8.06. The summed E-state index contributed by atoms with van der Waals surface area (Å²) >= 11 is 6.22. The first-order chi connectivity index (χ1) is 10.2. The van der Waals surface area contributed by atoms with E-state index in [-0.39, 0.29) is 6.10 Å². The van der Waals surface area contributed by atoms with Crippen LogP contribution in [-0.2, 0) is 6.54 Å². The molecule has 0 radical (unpaired) electrons. The molecule has 0 amide bonds. The van der Waals surface area contributed by atoms with Crippen molar-refractivity contribution in [2.45, 2.75) is 51.3 Å². The van der Waals surface area contributed by atoms with Gasteiger partial charge in [-0.15, -0.1) is 0 Å². The van der Waals surface area contributed by atoms with Crippen LogP contribution in [0.2, 0.25) is 5.02 Å². The van der Waals surface area contributed by atoms with Crippen molar-refractivity contribution in [1.29, 1.82) is 0 Å². The van der Waals surface area contributed by atoms with E-state index in [2.05, 4.69) is 23.2 Å². The molecule has 1 aromatic rings. The fourth-order valence-electron chi connectivity index (χ4n) is 2.90. The van der Waals surface area contributed by atoms with Crippen LogP contribution in [0.3, 0.4) is 0 Å². The van der Waals surface area contributed by atoms with Gasteiger partial charge < -0.3 is 10.4 Å². The summed E-state index contributed by atoms with van der Waals surface area (Å²) in [6.45, 7) is 5.95. The van der Waals surface area contributed by atoms with Crippen molar-refractivity contribution in [2.75, 3.05) is 19.6 Å². The summed E-state index contributed by atoms with van der Waals surface area (Å²) in [6, 6.07) is 8.63. The van der Waals surface area contributed by atoms with E-state index < -0.39 is 0 Å². The molecule has 1 aromatic carbocycles. The molecule has 0 bridgehead atoms. The Morgan fingerprint density at radius 3 is 2.71 bits per heavy atom. The molecule has 118 valence electrons. The molecule has 0 spiro atoms. The van der Waals surface area contributed by atoms with E-state index in [0.29, 0.717) is 6.04 Å². The van der Waals surface area contributed by atoms with E-state index in [1.807, 2.05) is 18.2 Å². The van der Waals surface area contributed by atoms with E-state index in [9.17, 15) is 5.11 Å². The third kappa shape index (κ3) is 5.59. The summed E-state index contributed by atoms with van der Waals surface area (Å²) < 4.78 is 0. The van der Waals surface area contributed by atoms with Gasteiger partial charge in [-0.05, 0) is 44.0 Å². The molecule has 1 unspecified atom stereocenters. The second-order valence-electron chi connectivity index (χ2n) is 5.99. The number of nitrogens with one attached hydrogen (secondary N) is 1. The molecule has 3 nitrogen and oxygen atoms in total. The van der Waals surface area contributed by atoms with Crippen LogP contribution in [0.15, 0.2) is 24.3 Å². The molecule has 1 fully saturated rings. The number of hydrogen-bond donors (Lipinski definition) is 2. The average molecular weight is 311 g/mol. The smallest absolute Gasteiger partial charge is 0.0664 e. The van der Waals surface area contributed by atoms with Crippen molar-refractivity contribution < 1.29 is 5.11 Å². The van der Waals surface area contributed by atoms with Gasteiger partial charge in [0.2, 0.25) is 0 Å². The minimum absolute atomic E-state index is 0.198. The van der Waals surface area contributed by atoms with E-state index in [4.69, 9.17) is 11.6 Å². The molecule has 4 heteroatoms.